The van der Waals surface area contributed by atoms with Gasteiger partial charge in [0.1, 0.15) is 5.56 Å². The number of hydrogen-bond donors (Lipinski definition) is 1. The van der Waals surface area contributed by atoms with Crippen molar-refractivity contribution in [3.05, 3.63) is 17.3 Å². The molecular weight excluding hydrogens is 214 g/mol. The Balaban J connectivity index is 3.27. The van der Waals surface area contributed by atoms with E-state index in [-0.39, 0.29) is 23.0 Å². The fraction of sp³-hybridized carbons (Fsp3) is 0.375. The molecule has 0 saturated carbocycles. The van der Waals surface area contributed by atoms with Crippen molar-refractivity contribution >= 4 is 17.3 Å². The number of nitrogen functional groups attached to an aromatic ring is 1. The molecule has 0 spiro atoms. The highest BCUT2D eigenvalue weighted by Gasteiger charge is 2.19. The van der Waals surface area contributed by atoms with Gasteiger partial charge in [-0.05, 0) is 6.07 Å². The summed E-state index contributed by atoms with van der Waals surface area (Å²) < 4.78 is 29.7. The lowest BCUT2D eigenvalue weighted by Gasteiger charge is -2.10. The van der Waals surface area contributed by atoms with Crippen LogP contribution in [-0.4, -0.2) is 12.1 Å². The Labute approximate surface area is 84.8 Å². The number of nitrogens with two attached hydrogens (primary N) is 1. The lowest BCUT2D eigenvalue weighted by molar-refractivity contribution is 0.147. The standard InChI is InChI=1S/C8H9ClF2N2O/c1-14-8-6(7(10)11)5(12)2-4(3-9)13-8/h2,7H,3H2,1H3,(H2,12,13). The predicted octanol–water partition coefficient (Wildman–Crippen LogP) is 2.35. The third-order valence-corrected chi connectivity index (χ3v) is 1.93. The van der Waals surface area contributed by atoms with Crippen LogP contribution in [0.2, 0.25) is 0 Å². The van der Waals surface area contributed by atoms with Crippen LogP contribution in [0.1, 0.15) is 17.7 Å². The number of nitrogens with zero attached hydrogens (tertiary/aromatic N) is 1. The molecule has 1 aromatic rings. The highest BCUT2D eigenvalue weighted by molar-refractivity contribution is 6.16. The number of methoxy groups -OCH3 is 1. The highest BCUT2D eigenvalue weighted by Crippen LogP contribution is 2.33. The maximum absolute atomic E-state index is 12.5. The van der Waals surface area contributed by atoms with Gasteiger partial charge < -0.3 is 10.5 Å². The van der Waals surface area contributed by atoms with Gasteiger partial charge in [0.15, 0.2) is 0 Å². The molecule has 2 N–H and O–H groups in total. The van der Waals surface area contributed by atoms with Gasteiger partial charge in [0.2, 0.25) is 5.88 Å². The molecule has 1 rings (SSSR count). The van der Waals surface area contributed by atoms with Crippen molar-refractivity contribution in [2.75, 3.05) is 12.8 Å². The summed E-state index contributed by atoms with van der Waals surface area (Å²) in [6, 6.07) is 1.32. The molecule has 0 radical (unpaired) electrons. The Bertz CT molecular complexity index is 333. The first-order chi connectivity index (χ1) is 6.60. The molecule has 14 heavy (non-hydrogen) atoms. The van der Waals surface area contributed by atoms with Crippen LogP contribution in [0, 0.1) is 0 Å². The fourth-order valence-corrected chi connectivity index (χ4v) is 1.18. The highest BCUT2D eigenvalue weighted by atomic mass is 35.5. The van der Waals surface area contributed by atoms with Gasteiger partial charge in [-0.25, -0.2) is 13.8 Å². The molecule has 0 fully saturated rings. The SMILES string of the molecule is COc1nc(CCl)cc(N)c1C(F)F. The third-order valence-electron chi connectivity index (χ3n) is 1.66. The van der Waals surface area contributed by atoms with E-state index >= 15 is 0 Å². The van der Waals surface area contributed by atoms with Crippen molar-refractivity contribution in [3.63, 3.8) is 0 Å². The van der Waals surface area contributed by atoms with E-state index in [9.17, 15) is 8.78 Å². The Hall–Kier alpha value is -1.10. The quantitative estimate of drug-likeness (QED) is 0.799. The maximum atomic E-state index is 12.5. The molecule has 3 nitrogen and oxygen atoms in total. The molecule has 0 atom stereocenters. The Kier molecular flexibility index (Phi) is 3.46. The maximum Gasteiger partial charge on any atom is 0.271 e. The van der Waals surface area contributed by atoms with Gasteiger partial charge in [0.05, 0.1) is 18.7 Å². The van der Waals surface area contributed by atoms with Gasteiger partial charge in [0, 0.05) is 5.69 Å². The number of rotatable bonds is 3. The minimum Gasteiger partial charge on any atom is -0.481 e. The molecule has 78 valence electrons. The average molecular weight is 223 g/mol. The summed E-state index contributed by atoms with van der Waals surface area (Å²) in [4.78, 5) is 3.78. The van der Waals surface area contributed by atoms with E-state index in [2.05, 4.69) is 4.98 Å². The van der Waals surface area contributed by atoms with Crippen LogP contribution < -0.4 is 10.5 Å². The van der Waals surface area contributed by atoms with Gasteiger partial charge >= 0.3 is 0 Å². The zero-order valence-corrected chi connectivity index (χ0v) is 8.18. The summed E-state index contributed by atoms with van der Waals surface area (Å²) >= 11 is 5.50. The van der Waals surface area contributed by atoms with Crippen LogP contribution >= 0.6 is 11.6 Å². The first kappa shape index (κ1) is 11.0. The second kappa shape index (κ2) is 4.41. The van der Waals surface area contributed by atoms with E-state index in [0.717, 1.165) is 0 Å². The Morgan fingerprint density at radius 1 is 1.64 bits per heavy atom. The first-order valence-corrected chi connectivity index (χ1v) is 4.31. The molecule has 0 amide bonds. The Morgan fingerprint density at radius 2 is 2.29 bits per heavy atom. The monoisotopic (exact) mass is 222 g/mol. The normalized spacial score (nSPS) is 10.6. The number of hydrogen-bond acceptors (Lipinski definition) is 3. The van der Waals surface area contributed by atoms with Gasteiger partial charge in [-0.3, -0.25) is 0 Å². The minimum absolute atomic E-state index is 0.0532. The lowest BCUT2D eigenvalue weighted by Crippen LogP contribution is -2.03. The molecule has 0 aromatic carbocycles. The summed E-state index contributed by atoms with van der Waals surface area (Å²) in [5.74, 6) is -0.0694. The molecule has 0 unspecified atom stereocenters. The van der Waals surface area contributed by atoms with E-state index in [1.165, 1.54) is 13.2 Å². The van der Waals surface area contributed by atoms with Crippen LogP contribution in [0.5, 0.6) is 5.88 Å². The third kappa shape index (κ3) is 2.04. The summed E-state index contributed by atoms with van der Waals surface area (Å²) in [7, 11) is 1.26. The summed E-state index contributed by atoms with van der Waals surface area (Å²) in [5.41, 5.74) is 5.38. The first-order valence-electron chi connectivity index (χ1n) is 3.77. The predicted molar refractivity (Wildman–Crippen MR) is 49.7 cm³/mol. The van der Waals surface area contributed by atoms with Crippen molar-refractivity contribution in [1.29, 1.82) is 0 Å². The number of pyridine rings is 1. The van der Waals surface area contributed by atoms with E-state index in [1.807, 2.05) is 0 Å². The Morgan fingerprint density at radius 3 is 2.71 bits per heavy atom. The molecule has 1 heterocycles. The fourth-order valence-electron chi connectivity index (χ4n) is 1.05. The molecule has 0 aliphatic rings. The van der Waals surface area contributed by atoms with E-state index in [1.54, 1.807) is 0 Å². The summed E-state index contributed by atoms with van der Waals surface area (Å²) in [5, 5.41) is 0. The number of ether oxygens (including phenoxy) is 1. The van der Waals surface area contributed by atoms with E-state index in [0.29, 0.717) is 5.69 Å². The molecule has 1 aromatic heterocycles. The van der Waals surface area contributed by atoms with Crippen molar-refractivity contribution in [1.82, 2.24) is 4.98 Å². The molecule has 0 aliphatic heterocycles. The van der Waals surface area contributed by atoms with Crippen LogP contribution in [0.4, 0.5) is 14.5 Å². The number of halogens is 3. The van der Waals surface area contributed by atoms with Gasteiger partial charge in [-0.15, -0.1) is 11.6 Å². The topological polar surface area (TPSA) is 48.1 Å². The zero-order valence-electron chi connectivity index (χ0n) is 7.43. The van der Waals surface area contributed by atoms with E-state index < -0.39 is 6.43 Å². The molecule has 0 saturated heterocycles. The number of alkyl halides is 3. The van der Waals surface area contributed by atoms with Crippen molar-refractivity contribution in [3.8, 4) is 5.88 Å². The zero-order chi connectivity index (χ0) is 10.7. The van der Waals surface area contributed by atoms with Crippen LogP contribution in [0.15, 0.2) is 6.07 Å². The lowest BCUT2D eigenvalue weighted by atomic mass is 10.2. The summed E-state index contributed by atoms with van der Waals surface area (Å²) in [6.45, 7) is 0. The number of aromatic nitrogens is 1. The largest absolute Gasteiger partial charge is 0.481 e. The van der Waals surface area contributed by atoms with Crippen molar-refractivity contribution < 1.29 is 13.5 Å². The van der Waals surface area contributed by atoms with Crippen LogP contribution in [0.25, 0.3) is 0 Å². The smallest absolute Gasteiger partial charge is 0.271 e. The molecule has 6 heteroatoms. The van der Waals surface area contributed by atoms with Gasteiger partial charge in [-0.2, -0.15) is 0 Å². The van der Waals surface area contributed by atoms with Crippen molar-refractivity contribution in [2.24, 2.45) is 0 Å². The second-order valence-electron chi connectivity index (χ2n) is 2.56. The minimum atomic E-state index is -2.71. The summed E-state index contributed by atoms with van der Waals surface area (Å²) in [6.07, 6.45) is -2.71. The molecular formula is C8H9ClF2N2O. The average Bonchev–Trinajstić information content (AvgIpc) is 2.15. The van der Waals surface area contributed by atoms with E-state index in [4.69, 9.17) is 22.1 Å². The van der Waals surface area contributed by atoms with Crippen molar-refractivity contribution in [2.45, 2.75) is 12.3 Å². The van der Waals surface area contributed by atoms with Gasteiger partial charge in [-0.1, -0.05) is 0 Å². The van der Waals surface area contributed by atoms with Crippen LogP contribution in [-0.2, 0) is 5.88 Å². The number of anilines is 1. The van der Waals surface area contributed by atoms with Gasteiger partial charge in [0.25, 0.3) is 6.43 Å². The van der Waals surface area contributed by atoms with Crippen LogP contribution in [0.3, 0.4) is 0 Å². The second-order valence-corrected chi connectivity index (χ2v) is 2.83. The molecule has 0 bridgehead atoms. The molecule has 0 aliphatic carbocycles.